The molecule has 0 saturated carbocycles. The minimum atomic E-state index is -0.251. The predicted molar refractivity (Wildman–Crippen MR) is 63.2 cm³/mol. The molecular formula is C12H19N3O. The highest BCUT2D eigenvalue weighted by Crippen LogP contribution is 2.35. The van der Waals surface area contributed by atoms with Gasteiger partial charge in [0.25, 0.3) is 0 Å². The number of nitrogens with zero attached hydrogens (tertiary/aromatic N) is 3. The van der Waals surface area contributed by atoms with E-state index in [4.69, 9.17) is 0 Å². The standard InChI is InChI=1S/C12H19N3O/c1-12(2,3)10-6-9(16)7-15(10)11-4-5-13-8-14-11/h4-5,8-10,16H,6-7H2,1-3H3/t9-,10?/m1/s1. The Morgan fingerprint density at radius 2 is 2.19 bits per heavy atom. The first-order chi connectivity index (χ1) is 7.48. The summed E-state index contributed by atoms with van der Waals surface area (Å²) in [6, 6.07) is 2.23. The van der Waals surface area contributed by atoms with Crippen molar-refractivity contribution in [2.45, 2.75) is 39.3 Å². The van der Waals surface area contributed by atoms with Crippen molar-refractivity contribution < 1.29 is 5.11 Å². The summed E-state index contributed by atoms with van der Waals surface area (Å²) in [5, 5.41) is 9.81. The Labute approximate surface area is 96.3 Å². The summed E-state index contributed by atoms with van der Waals surface area (Å²) in [7, 11) is 0. The summed E-state index contributed by atoms with van der Waals surface area (Å²) in [5.74, 6) is 0.909. The molecule has 1 aliphatic rings. The molecule has 1 fully saturated rings. The van der Waals surface area contributed by atoms with Crippen LogP contribution < -0.4 is 4.90 Å². The molecule has 0 amide bonds. The number of aliphatic hydroxyl groups excluding tert-OH is 1. The van der Waals surface area contributed by atoms with E-state index in [2.05, 4.69) is 35.6 Å². The zero-order valence-corrected chi connectivity index (χ0v) is 10.1. The molecule has 0 aromatic carbocycles. The summed E-state index contributed by atoms with van der Waals surface area (Å²) in [4.78, 5) is 10.4. The van der Waals surface area contributed by atoms with E-state index in [1.165, 1.54) is 0 Å². The lowest BCUT2D eigenvalue weighted by atomic mass is 9.85. The molecule has 1 aromatic heterocycles. The Bertz CT molecular complexity index is 347. The Morgan fingerprint density at radius 3 is 2.75 bits per heavy atom. The maximum Gasteiger partial charge on any atom is 0.132 e. The highest BCUT2D eigenvalue weighted by atomic mass is 16.3. The normalized spacial score (nSPS) is 26.1. The zero-order valence-electron chi connectivity index (χ0n) is 10.1. The van der Waals surface area contributed by atoms with Crippen LogP contribution in [0.15, 0.2) is 18.6 Å². The smallest absolute Gasteiger partial charge is 0.132 e. The topological polar surface area (TPSA) is 49.2 Å². The third-order valence-corrected chi connectivity index (χ3v) is 3.14. The molecule has 88 valence electrons. The third kappa shape index (κ3) is 2.16. The minimum absolute atomic E-state index is 0.141. The summed E-state index contributed by atoms with van der Waals surface area (Å²) >= 11 is 0. The van der Waals surface area contributed by atoms with Crippen molar-refractivity contribution in [2.24, 2.45) is 5.41 Å². The molecule has 1 saturated heterocycles. The Hall–Kier alpha value is -1.16. The molecule has 0 aliphatic carbocycles. The average Bonchev–Trinajstić information content (AvgIpc) is 2.61. The Kier molecular flexibility index (Phi) is 2.84. The van der Waals surface area contributed by atoms with Crippen molar-refractivity contribution in [3.8, 4) is 0 Å². The van der Waals surface area contributed by atoms with Crippen molar-refractivity contribution in [1.82, 2.24) is 9.97 Å². The SMILES string of the molecule is CC(C)(C)C1C[C@@H](O)CN1c1ccncn1. The number of hydrogen-bond acceptors (Lipinski definition) is 4. The van der Waals surface area contributed by atoms with Gasteiger partial charge < -0.3 is 10.0 Å². The van der Waals surface area contributed by atoms with E-state index >= 15 is 0 Å². The number of aliphatic hydroxyl groups is 1. The van der Waals surface area contributed by atoms with E-state index in [1.54, 1.807) is 12.5 Å². The maximum absolute atomic E-state index is 9.81. The first kappa shape index (κ1) is 11.3. The monoisotopic (exact) mass is 221 g/mol. The number of rotatable bonds is 1. The van der Waals surface area contributed by atoms with Crippen LogP contribution in [-0.2, 0) is 0 Å². The fourth-order valence-corrected chi connectivity index (χ4v) is 2.34. The number of aromatic nitrogens is 2. The van der Waals surface area contributed by atoms with Gasteiger partial charge in [-0.1, -0.05) is 20.8 Å². The van der Waals surface area contributed by atoms with Gasteiger partial charge in [0, 0.05) is 18.8 Å². The van der Waals surface area contributed by atoms with Crippen LogP contribution in [0.2, 0.25) is 0 Å². The van der Waals surface area contributed by atoms with Gasteiger partial charge >= 0.3 is 0 Å². The van der Waals surface area contributed by atoms with E-state index in [0.717, 1.165) is 12.2 Å². The summed E-state index contributed by atoms with van der Waals surface area (Å²) in [6.07, 6.45) is 3.86. The number of anilines is 1. The largest absolute Gasteiger partial charge is 0.391 e. The van der Waals surface area contributed by atoms with Gasteiger partial charge in [0.1, 0.15) is 12.1 Å². The molecule has 2 atom stereocenters. The molecular weight excluding hydrogens is 202 g/mol. The van der Waals surface area contributed by atoms with E-state index in [9.17, 15) is 5.11 Å². The van der Waals surface area contributed by atoms with E-state index < -0.39 is 0 Å². The summed E-state index contributed by atoms with van der Waals surface area (Å²) in [6.45, 7) is 7.26. The van der Waals surface area contributed by atoms with Gasteiger partial charge in [-0.25, -0.2) is 9.97 Å². The van der Waals surface area contributed by atoms with E-state index in [1.807, 2.05) is 6.07 Å². The molecule has 1 aliphatic heterocycles. The van der Waals surface area contributed by atoms with Gasteiger partial charge in [-0.15, -0.1) is 0 Å². The van der Waals surface area contributed by atoms with Crippen molar-refractivity contribution >= 4 is 5.82 Å². The molecule has 2 heterocycles. The highest BCUT2D eigenvalue weighted by molar-refractivity contribution is 5.41. The van der Waals surface area contributed by atoms with Crippen LogP contribution in [0.5, 0.6) is 0 Å². The van der Waals surface area contributed by atoms with Gasteiger partial charge in [-0.3, -0.25) is 0 Å². The lowest BCUT2D eigenvalue weighted by molar-refractivity contribution is 0.182. The van der Waals surface area contributed by atoms with Crippen molar-refractivity contribution in [3.63, 3.8) is 0 Å². The fraction of sp³-hybridized carbons (Fsp3) is 0.667. The molecule has 1 unspecified atom stereocenters. The minimum Gasteiger partial charge on any atom is -0.391 e. The van der Waals surface area contributed by atoms with Gasteiger partial charge in [0.15, 0.2) is 0 Å². The van der Waals surface area contributed by atoms with Crippen molar-refractivity contribution in [2.75, 3.05) is 11.4 Å². The fourth-order valence-electron chi connectivity index (χ4n) is 2.34. The Morgan fingerprint density at radius 1 is 1.44 bits per heavy atom. The van der Waals surface area contributed by atoms with Crippen LogP contribution in [0.1, 0.15) is 27.2 Å². The molecule has 4 nitrogen and oxygen atoms in total. The van der Waals surface area contributed by atoms with Gasteiger partial charge in [-0.05, 0) is 17.9 Å². The van der Waals surface area contributed by atoms with Crippen LogP contribution in [0.25, 0.3) is 0 Å². The molecule has 4 heteroatoms. The molecule has 0 bridgehead atoms. The van der Waals surface area contributed by atoms with Gasteiger partial charge in [-0.2, -0.15) is 0 Å². The predicted octanol–water partition coefficient (Wildman–Crippen LogP) is 1.46. The lowest BCUT2D eigenvalue weighted by Gasteiger charge is -2.35. The molecule has 1 aromatic rings. The van der Waals surface area contributed by atoms with E-state index in [-0.39, 0.29) is 11.5 Å². The maximum atomic E-state index is 9.81. The zero-order chi connectivity index (χ0) is 11.8. The van der Waals surface area contributed by atoms with Crippen LogP contribution in [0.3, 0.4) is 0 Å². The van der Waals surface area contributed by atoms with Crippen molar-refractivity contribution in [1.29, 1.82) is 0 Å². The summed E-state index contributed by atoms with van der Waals surface area (Å²) < 4.78 is 0. The summed E-state index contributed by atoms with van der Waals surface area (Å²) in [5.41, 5.74) is 0.141. The second-order valence-electron chi connectivity index (χ2n) is 5.49. The van der Waals surface area contributed by atoms with Crippen LogP contribution >= 0.6 is 0 Å². The first-order valence-corrected chi connectivity index (χ1v) is 5.69. The molecule has 16 heavy (non-hydrogen) atoms. The van der Waals surface area contributed by atoms with E-state index in [0.29, 0.717) is 12.6 Å². The quantitative estimate of drug-likeness (QED) is 0.780. The molecule has 0 radical (unpaired) electrons. The average molecular weight is 221 g/mol. The van der Waals surface area contributed by atoms with Gasteiger partial charge in [0.05, 0.1) is 6.10 Å². The first-order valence-electron chi connectivity index (χ1n) is 5.69. The van der Waals surface area contributed by atoms with Crippen molar-refractivity contribution in [3.05, 3.63) is 18.6 Å². The second-order valence-corrected chi connectivity index (χ2v) is 5.49. The van der Waals surface area contributed by atoms with Crippen LogP contribution in [0.4, 0.5) is 5.82 Å². The van der Waals surface area contributed by atoms with Gasteiger partial charge in [0.2, 0.25) is 0 Å². The lowest BCUT2D eigenvalue weighted by Crippen LogP contribution is -2.39. The molecule has 2 rings (SSSR count). The third-order valence-electron chi connectivity index (χ3n) is 3.14. The molecule has 0 spiro atoms. The Balaban J connectivity index is 2.26. The number of β-amino-alcohol motifs (C(OH)–C–C–N with tert-alkyl or cyclic N) is 1. The molecule has 1 N–H and O–H groups in total. The second kappa shape index (κ2) is 4.01. The number of hydrogen-bond donors (Lipinski definition) is 1. The van der Waals surface area contributed by atoms with Crippen LogP contribution in [0, 0.1) is 5.41 Å². The highest BCUT2D eigenvalue weighted by Gasteiger charge is 2.38. The van der Waals surface area contributed by atoms with Crippen LogP contribution in [-0.4, -0.2) is 33.8 Å².